The van der Waals surface area contributed by atoms with E-state index in [1.165, 1.54) is 29.1 Å². The smallest absolute Gasteiger partial charge is 0.180 e. The molecule has 1 heterocycles. The van der Waals surface area contributed by atoms with E-state index in [0.29, 0.717) is 0 Å². The Hall–Kier alpha value is -1.83. The average molecular weight is 241 g/mol. The van der Waals surface area contributed by atoms with Crippen LogP contribution < -0.4 is 4.73 Å². The van der Waals surface area contributed by atoms with Crippen LogP contribution in [0, 0.1) is 12.1 Å². The molecule has 0 bridgehead atoms. The molecular weight excluding hydrogens is 222 g/mol. The summed E-state index contributed by atoms with van der Waals surface area (Å²) in [4.78, 5) is 0. The number of rotatable bonds is 1. The van der Waals surface area contributed by atoms with Gasteiger partial charge in [0.05, 0.1) is 0 Å². The van der Waals surface area contributed by atoms with Crippen LogP contribution >= 0.6 is 0 Å². The van der Waals surface area contributed by atoms with Crippen molar-refractivity contribution < 1.29 is 4.73 Å². The predicted molar refractivity (Wildman–Crippen MR) is 74.3 cm³/mol. The van der Waals surface area contributed by atoms with Crippen molar-refractivity contribution in [3.8, 4) is 11.1 Å². The normalized spacial score (nSPS) is 11.6. The van der Waals surface area contributed by atoms with Gasteiger partial charge in [0.25, 0.3) is 0 Å². The largest absolute Gasteiger partial charge is 0.619 e. The third kappa shape index (κ3) is 2.53. The van der Waals surface area contributed by atoms with E-state index in [2.05, 4.69) is 45.9 Å². The molecule has 0 saturated carbocycles. The molecule has 2 rings (SSSR count). The molecular formula is C16H19NO. The molecule has 0 aliphatic rings. The highest BCUT2D eigenvalue weighted by Gasteiger charge is 2.14. The molecule has 0 saturated heterocycles. The Bertz CT molecular complexity index is 550. The zero-order valence-corrected chi connectivity index (χ0v) is 11.4. The van der Waals surface area contributed by atoms with Crippen molar-refractivity contribution in [2.75, 3.05) is 0 Å². The van der Waals surface area contributed by atoms with Crippen LogP contribution in [-0.2, 0) is 5.41 Å². The highest BCUT2D eigenvalue weighted by molar-refractivity contribution is 5.67. The number of hydrogen-bond donors (Lipinski definition) is 0. The second-order valence-electron chi connectivity index (χ2n) is 5.73. The average Bonchev–Trinajstić information content (AvgIpc) is 2.29. The van der Waals surface area contributed by atoms with Gasteiger partial charge in [-0.15, -0.1) is 0 Å². The zero-order valence-electron chi connectivity index (χ0n) is 11.4. The lowest BCUT2D eigenvalue weighted by atomic mass is 9.85. The number of nitrogens with zero attached hydrogens (tertiary/aromatic N) is 1. The molecule has 2 heteroatoms. The fourth-order valence-corrected chi connectivity index (χ4v) is 2.05. The van der Waals surface area contributed by atoms with Crippen molar-refractivity contribution in [3.05, 3.63) is 59.1 Å². The molecule has 94 valence electrons. The highest BCUT2D eigenvalue weighted by atomic mass is 16.5. The van der Waals surface area contributed by atoms with E-state index >= 15 is 0 Å². The number of aromatic nitrogens is 1. The van der Waals surface area contributed by atoms with Gasteiger partial charge in [0.2, 0.25) is 0 Å². The summed E-state index contributed by atoms with van der Waals surface area (Å²) in [6.07, 6.45) is 3.07. The molecule has 0 fully saturated rings. The van der Waals surface area contributed by atoms with Gasteiger partial charge in [-0.1, -0.05) is 39.0 Å². The molecule has 0 amide bonds. The summed E-state index contributed by atoms with van der Waals surface area (Å²) in [7, 11) is 0. The summed E-state index contributed by atoms with van der Waals surface area (Å²) in [5.41, 5.74) is 5.01. The van der Waals surface area contributed by atoms with Gasteiger partial charge in [-0.05, 0) is 34.6 Å². The molecule has 18 heavy (non-hydrogen) atoms. The van der Waals surface area contributed by atoms with Crippen LogP contribution in [0.3, 0.4) is 0 Å². The molecule has 0 atom stereocenters. The Labute approximate surface area is 108 Å². The number of pyridine rings is 1. The van der Waals surface area contributed by atoms with Gasteiger partial charge in [-0.3, -0.25) is 0 Å². The van der Waals surface area contributed by atoms with Crippen molar-refractivity contribution in [3.63, 3.8) is 0 Å². The molecule has 1 aromatic carbocycles. The van der Waals surface area contributed by atoms with Crippen molar-refractivity contribution >= 4 is 0 Å². The summed E-state index contributed by atoms with van der Waals surface area (Å²) in [6.45, 7) is 8.75. The molecule has 0 aliphatic carbocycles. The van der Waals surface area contributed by atoms with Crippen LogP contribution in [0.2, 0.25) is 0 Å². The maximum Gasteiger partial charge on any atom is 0.180 e. The van der Waals surface area contributed by atoms with Gasteiger partial charge in [0.1, 0.15) is 0 Å². The maximum atomic E-state index is 11.0. The SMILES string of the molecule is Cc1cc(C(C)(C)C)ccc1-c1cc[n+]([O-])cc1. The molecule has 0 radical (unpaired) electrons. The Morgan fingerprint density at radius 1 is 1.00 bits per heavy atom. The van der Waals surface area contributed by atoms with E-state index in [1.807, 2.05) is 12.1 Å². The van der Waals surface area contributed by atoms with Gasteiger partial charge in [0.15, 0.2) is 12.4 Å². The maximum absolute atomic E-state index is 11.0. The number of hydrogen-bond acceptors (Lipinski definition) is 1. The molecule has 0 aliphatic heterocycles. The van der Waals surface area contributed by atoms with Crippen LogP contribution in [0.4, 0.5) is 0 Å². The fraction of sp³-hybridized carbons (Fsp3) is 0.312. The van der Waals surface area contributed by atoms with Crippen molar-refractivity contribution in [2.45, 2.75) is 33.1 Å². The van der Waals surface area contributed by atoms with Crippen molar-refractivity contribution in [1.29, 1.82) is 0 Å². The Balaban J connectivity index is 2.45. The third-order valence-electron chi connectivity index (χ3n) is 3.21. The van der Waals surface area contributed by atoms with E-state index in [4.69, 9.17) is 0 Å². The van der Waals surface area contributed by atoms with Gasteiger partial charge >= 0.3 is 0 Å². The van der Waals surface area contributed by atoms with Gasteiger partial charge in [-0.2, -0.15) is 4.73 Å². The second kappa shape index (κ2) is 4.45. The van der Waals surface area contributed by atoms with E-state index < -0.39 is 0 Å². The predicted octanol–water partition coefficient (Wildman–Crippen LogP) is 3.59. The van der Waals surface area contributed by atoms with E-state index in [-0.39, 0.29) is 5.41 Å². The molecule has 0 unspecified atom stereocenters. The lowest BCUT2D eigenvalue weighted by Crippen LogP contribution is -2.23. The summed E-state index contributed by atoms with van der Waals surface area (Å²) >= 11 is 0. The molecule has 2 aromatic rings. The van der Waals surface area contributed by atoms with E-state index in [1.54, 1.807) is 0 Å². The van der Waals surface area contributed by atoms with Crippen molar-refractivity contribution in [2.24, 2.45) is 0 Å². The Morgan fingerprint density at radius 3 is 2.11 bits per heavy atom. The molecule has 0 spiro atoms. The van der Waals surface area contributed by atoms with Crippen LogP contribution in [-0.4, -0.2) is 0 Å². The van der Waals surface area contributed by atoms with E-state index in [0.717, 1.165) is 10.3 Å². The van der Waals surface area contributed by atoms with E-state index in [9.17, 15) is 5.21 Å². The first-order valence-electron chi connectivity index (χ1n) is 6.18. The quantitative estimate of drug-likeness (QED) is 0.553. The van der Waals surface area contributed by atoms with Crippen LogP contribution in [0.1, 0.15) is 31.9 Å². The number of aryl methyl sites for hydroxylation is 1. The van der Waals surface area contributed by atoms with Gasteiger partial charge < -0.3 is 5.21 Å². The standard InChI is InChI=1S/C16H19NO/c1-12-11-14(16(2,3)4)5-6-15(12)13-7-9-17(18)10-8-13/h5-11H,1-4H3. The minimum atomic E-state index is 0.165. The van der Waals surface area contributed by atoms with Crippen LogP contribution in [0.15, 0.2) is 42.7 Å². The fourth-order valence-electron chi connectivity index (χ4n) is 2.05. The lowest BCUT2D eigenvalue weighted by molar-refractivity contribution is -0.605. The lowest BCUT2D eigenvalue weighted by Gasteiger charge is -2.20. The second-order valence-corrected chi connectivity index (χ2v) is 5.73. The number of benzene rings is 1. The van der Waals surface area contributed by atoms with Gasteiger partial charge in [0, 0.05) is 12.1 Å². The summed E-state index contributed by atoms with van der Waals surface area (Å²) in [5.74, 6) is 0. The Morgan fingerprint density at radius 2 is 1.61 bits per heavy atom. The highest BCUT2D eigenvalue weighted by Crippen LogP contribution is 2.28. The first-order chi connectivity index (χ1) is 8.38. The molecule has 2 nitrogen and oxygen atoms in total. The Kier molecular flexibility index (Phi) is 3.12. The first-order valence-corrected chi connectivity index (χ1v) is 6.18. The van der Waals surface area contributed by atoms with Gasteiger partial charge in [-0.25, -0.2) is 0 Å². The topological polar surface area (TPSA) is 26.9 Å². The first kappa shape index (κ1) is 12.6. The van der Waals surface area contributed by atoms with Crippen LogP contribution in [0.25, 0.3) is 11.1 Å². The van der Waals surface area contributed by atoms with Crippen LogP contribution in [0.5, 0.6) is 0 Å². The summed E-state index contributed by atoms with van der Waals surface area (Å²) < 4.78 is 0.808. The summed E-state index contributed by atoms with van der Waals surface area (Å²) in [6, 6.07) is 10.2. The minimum absolute atomic E-state index is 0.165. The van der Waals surface area contributed by atoms with Crippen molar-refractivity contribution in [1.82, 2.24) is 0 Å². The minimum Gasteiger partial charge on any atom is -0.619 e. The summed E-state index contributed by atoms with van der Waals surface area (Å²) in [5, 5.41) is 11.0. The monoisotopic (exact) mass is 241 g/mol. The zero-order chi connectivity index (χ0) is 13.3. The molecule has 1 aromatic heterocycles. The third-order valence-corrected chi connectivity index (χ3v) is 3.21. The molecule has 0 N–H and O–H groups in total.